The van der Waals surface area contributed by atoms with Crippen molar-refractivity contribution in [3.63, 3.8) is 0 Å². The van der Waals surface area contributed by atoms with Gasteiger partial charge in [0.25, 0.3) is 0 Å². The minimum atomic E-state index is -1.54. The molecule has 93 heavy (non-hydrogen) atoms. The molecule has 0 aromatic heterocycles. The molecule has 0 aliphatic heterocycles. The third-order valence-corrected chi connectivity index (χ3v) is 19.0. The Kier molecular flexibility index (Phi) is 15.9. The van der Waals surface area contributed by atoms with Crippen molar-refractivity contribution in [3.8, 4) is 55.6 Å². The van der Waals surface area contributed by atoms with Gasteiger partial charge in [-0.05, 0) is 234 Å². The molecule has 0 amide bonds. The highest BCUT2D eigenvalue weighted by molar-refractivity contribution is 14.1. The summed E-state index contributed by atoms with van der Waals surface area (Å²) in [5, 5.41) is 44.6. The summed E-state index contributed by atoms with van der Waals surface area (Å²) in [7, 11) is -1.54. The minimum Gasteiger partial charge on any atom is -0.423 e. The molecule has 0 spiro atoms. The molecule has 4 heteroatoms. The van der Waals surface area contributed by atoms with Crippen LogP contribution in [-0.2, 0) is 0 Å². The second-order valence-electron chi connectivity index (χ2n) is 23.8. The van der Waals surface area contributed by atoms with E-state index in [1.165, 1.54) is 134 Å². The Morgan fingerprint density at radius 2 is 0.452 bits per heavy atom. The third kappa shape index (κ3) is 11.0. The zero-order valence-corrected chi connectivity index (χ0v) is 52.3. The van der Waals surface area contributed by atoms with Crippen LogP contribution in [0.1, 0.15) is 7.43 Å². The lowest BCUT2D eigenvalue weighted by molar-refractivity contribution is 0.426. The topological polar surface area (TPSA) is 40.5 Å². The summed E-state index contributed by atoms with van der Waals surface area (Å²) in [6.45, 7) is 0. The quantitative estimate of drug-likeness (QED) is 0.0754. The van der Waals surface area contributed by atoms with Crippen molar-refractivity contribution in [1.82, 2.24) is 0 Å². The van der Waals surface area contributed by atoms with Gasteiger partial charge in [-0.15, -0.1) is 0 Å². The van der Waals surface area contributed by atoms with E-state index in [1.54, 1.807) is 0 Å². The fraction of sp³-hybridized carbons (Fsp3) is 0.0112. The highest BCUT2D eigenvalue weighted by Gasteiger charge is 2.23. The maximum absolute atomic E-state index is 10.2. The van der Waals surface area contributed by atoms with E-state index in [-0.39, 0.29) is 7.43 Å². The van der Waals surface area contributed by atoms with Crippen LogP contribution in [0.4, 0.5) is 0 Å². The van der Waals surface area contributed by atoms with Gasteiger partial charge in [0.05, 0.1) is 0 Å². The smallest absolute Gasteiger partial charge is 0.423 e. The molecule has 0 heterocycles. The van der Waals surface area contributed by atoms with Gasteiger partial charge in [-0.2, -0.15) is 0 Å². The zero-order valence-electron chi connectivity index (χ0n) is 50.2. The zero-order chi connectivity index (χ0) is 61.7. The van der Waals surface area contributed by atoms with Crippen LogP contribution in [-0.4, -0.2) is 17.2 Å². The maximum atomic E-state index is 10.2. The lowest BCUT2D eigenvalue weighted by Crippen LogP contribution is -2.31. The molecule has 18 rings (SSSR count). The first-order valence-corrected chi connectivity index (χ1v) is 32.4. The van der Waals surface area contributed by atoms with Crippen molar-refractivity contribution < 1.29 is 10.0 Å². The molecule has 440 valence electrons. The highest BCUT2D eigenvalue weighted by Crippen LogP contribution is 2.46. The second kappa shape index (κ2) is 25.2. The molecule has 0 saturated carbocycles. The van der Waals surface area contributed by atoms with Crippen LogP contribution in [0.3, 0.4) is 0 Å². The molecule has 0 fully saturated rings. The van der Waals surface area contributed by atoms with Crippen molar-refractivity contribution in [1.29, 1.82) is 0 Å². The van der Waals surface area contributed by atoms with Gasteiger partial charge in [-0.25, -0.2) is 0 Å². The molecule has 0 aliphatic carbocycles. The van der Waals surface area contributed by atoms with Gasteiger partial charge in [-0.1, -0.05) is 305 Å². The standard InChI is InChI=1S/C44H28.C30H21BO2.C14H9I.CH4/c1-2-10-29(11-3-1)31-19-20-33-27-35(23-21-32(33)26-31)43-39-14-6-8-16-41(39)44(42-17-9-7-15-40(42)43)36-24-25-38-34(28-36)22-18-30-12-4-5-13-37(30)38;32-31(33)30-27-12-6-4-10-25(27)29(26-11-5-7-13-28(26)30)24-17-16-22-18-21(14-15-23(22)19-24)20-8-2-1-3-9-20;15-12-7-8-14-11(9-12)6-5-10-3-1-2-4-13(10)14;/h1-28H;1-19,32-33H;1-9H;1H4. The average molecular weight is 1300 g/mol. The monoisotopic (exact) mass is 1300 g/mol. The number of benzene rings is 18. The third-order valence-electron chi connectivity index (χ3n) is 18.4. The number of rotatable bonds is 6. The van der Waals surface area contributed by atoms with Gasteiger partial charge in [0, 0.05) is 3.57 Å². The normalized spacial score (nSPS) is 11.3. The first-order valence-electron chi connectivity index (χ1n) is 31.3. The lowest BCUT2D eigenvalue weighted by atomic mass is 9.72. The Balaban J connectivity index is 0.000000128. The fourth-order valence-corrected chi connectivity index (χ4v) is 14.6. The average Bonchev–Trinajstić information content (AvgIpc) is 0.746. The van der Waals surface area contributed by atoms with Crippen LogP contribution in [0.2, 0.25) is 0 Å². The molecule has 0 aliphatic rings. The first kappa shape index (κ1) is 58.6. The molecule has 2 N–H and O–H groups in total. The molecule has 18 aromatic rings. The van der Waals surface area contributed by atoms with Crippen LogP contribution in [0.25, 0.3) is 163 Å². The summed E-state index contributed by atoms with van der Waals surface area (Å²) < 4.78 is 1.29. The molecule has 0 bridgehead atoms. The van der Waals surface area contributed by atoms with E-state index in [4.69, 9.17) is 0 Å². The molecule has 0 radical (unpaired) electrons. The van der Waals surface area contributed by atoms with E-state index in [1.807, 2.05) is 42.5 Å². The molecular weight excluding hydrogens is 1240 g/mol. The van der Waals surface area contributed by atoms with E-state index in [9.17, 15) is 10.0 Å². The summed E-state index contributed by atoms with van der Waals surface area (Å²) in [5.74, 6) is 0. The van der Waals surface area contributed by atoms with E-state index in [0.29, 0.717) is 5.46 Å². The lowest BCUT2D eigenvalue weighted by Gasteiger charge is -2.18. The van der Waals surface area contributed by atoms with E-state index in [0.717, 1.165) is 32.7 Å². The molecule has 18 aromatic carbocycles. The van der Waals surface area contributed by atoms with Crippen LogP contribution in [0.5, 0.6) is 0 Å². The Labute approximate surface area is 555 Å². The van der Waals surface area contributed by atoms with Crippen LogP contribution < -0.4 is 5.46 Å². The van der Waals surface area contributed by atoms with Crippen LogP contribution >= 0.6 is 22.6 Å². The Bertz CT molecular complexity index is 5770. The van der Waals surface area contributed by atoms with Crippen LogP contribution in [0, 0.1) is 3.57 Å². The second-order valence-corrected chi connectivity index (χ2v) is 25.0. The Hall–Kier alpha value is -10.7. The summed E-state index contributed by atoms with van der Waals surface area (Å²) in [5.41, 5.74) is 12.8. The highest BCUT2D eigenvalue weighted by atomic mass is 127. The van der Waals surface area contributed by atoms with Crippen molar-refractivity contribution in [3.05, 3.63) is 343 Å². The number of hydrogen-bond donors (Lipinski definition) is 2. The van der Waals surface area contributed by atoms with Crippen molar-refractivity contribution >= 4 is 143 Å². The summed E-state index contributed by atoms with van der Waals surface area (Å²) in [4.78, 5) is 0. The van der Waals surface area contributed by atoms with Crippen LogP contribution in [0.15, 0.2) is 340 Å². The summed E-state index contributed by atoms with van der Waals surface area (Å²) in [6.07, 6.45) is 0. The fourth-order valence-electron chi connectivity index (χ4n) is 14.1. The first-order chi connectivity index (χ1) is 45.4. The van der Waals surface area contributed by atoms with Gasteiger partial charge in [0.1, 0.15) is 0 Å². The van der Waals surface area contributed by atoms with Crippen molar-refractivity contribution in [2.45, 2.75) is 7.43 Å². The number of fused-ring (bicyclic) bond motifs is 12. The van der Waals surface area contributed by atoms with Gasteiger partial charge in [-0.3, -0.25) is 0 Å². The van der Waals surface area contributed by atoms with Crippen molar-refractivity contribution in [2.24, 2.45) is 0 Å². The van der Waals surface area contributed by atoms with Gasteiger partial charge >= 0.3 is 7.12 Å². The molecule has 0 saturated heterocycles. The van der Waals surface area contributed by atoms with E-state index >= 15 is 0 Å². The molecular formula is C89H62BIO2. The van der Waals surface area contributed by atoms with Gasteiger partial charge < -0.3 is 10.0 Å². The summed E-state index contributed by atoms with van der Waals surface area (Å²) >= 11 is 2.35. The number of halogens is 1. The predicted molar refractivity (Wildman–Crippen MR) is 411 cm³/mol. The SMILES string of the molecule is C.Ic1ccc2c(ccc3ccccc32)c1.OB(O)c1c2ccccc2c(-c2ccc3cc(-c4ccccc4)ccc3c2)c2ccccc12.c1ccc(-c2ccc3cc(-c4c5ccccc5c(-c5ccc6c(ccc7ccccc76)c5)c5ccccc45)ccc3c2)cc1. The van der Waals surface area contributed by atoms with Gasteiger partial charge in [0.2, 0.25) is 0 Å². The van der Waals surface area contributed by atoms with Crippen molar-refractivity contribution in [2.75, 3.05) is 0 Å². The molecule has 2 nitrogen and oxygen atoms in total. The summed E-state index contributed by atoms with van der Waals surface area (Å²) in [6, 6.07) is 121. The minimum absolute atomic E-state index is 0. The number of hydrogen-bond acceptors (Lipinski definition) is 2. The molecule has 0 unspecified atom stereocenters. The molecule has 0 atom stereocenters. The Morgan fingerprint density at radius 1 is 0.194 bits per heavy atom. The largest absolute Gasteiger partial charge is 0.489 e. The Morgan fingerprint density at radius 3 is 0.849 bits per heavy atom. The predicted octanol–water partition coefficient (Wildman–Crippen LogP) is 23.8. The van der Waals surface area contributed by atoms with E-state index < -0.39 is 7.12 Å². The maximum Gasteiger partial charge on any atom is 0.489 e. The van der Waals surface area contributed by atoms with Gasteiger partial charge in [0.15, 0.2) is 0 Å². The van der Waals surface area contributed by atoms with E-state index in [2.05, 4.69) is 320 Å².